The number of nitrogens with zero attached hydrogens (tertiary/aromatic N) is 4. The second-order valence-corrected chi connectivity index (χ2v) is 15.6. The van der Waals surface area contributed by atoms with Gasteiger partial charge in [-0.15, -0.1) is 29.7 Å². The number of hydrogen-bond acceptors (Lipinski definition) is 2. The molecule has 8 aromatic carbocycles. The van der Waals surface area contributed by atoms with Gasteiger partial charge in [-0.1, -0.05) is 159 Å². The zero-order chi connectivity index (χ0) is 53.5. The van der Waals surface area contributed by atoms with Crippen LogP contribution < -0.4 is 9.30 Å². The first-order valence-corrected chi connectivity index (χ1v) is 21.5. The topological polar surface area (TPSA) is 35.9 Å². The second kappa shape index (κ2) is 18.3. The Kier molecular flexibility index (Phi) is 8.73. The summed E-state index contributed by atoms with van der Waals surface area (Å²) in [6, 6.07) is 41.7. The molecule has 0 aliphatic carbocycles. The van der Waals surface area contributed by atoms with Gasteiger partial charge in [-0.25, -0.2) is 4.98 Å². The van der Waals surface area contributed by atoms with Gasteiger partial charge in [-0.2, -0.15) is 18.2 Å². The molecule has 0 radical (unpaired) electrons. The molecule has 3 heterocycles. The van der Waals surface area contributed by atoms with E-state index in [-0.39, 0.29) is 49.0 Å². The van der Waals surface area contributed by atoms with E-state index in [1.165, 1.54) is 0 Å². The van der Waals surface area contributed by atoms with Gasteiger partial charge in [-0.3, -0.25) is 4.57 Å². The van der Waals surface area contributed by atoms with E-state index in [2.05, 4.69) is 53.4 Å². The van der Waals surface area contributed by atoms with Crippen LogP contribution in [-0.4, -0.2) is 14.1 Å². The number of benzene rings is 8. The predicted octanol–water partition coefficient (Wildman–Crippen LogP) is 14.8. The van der Waals surface area contributed by atoms with Crippen molar-refractivity contribution in [3.63, 3.8) is 0 Å². The molecule has 0 aliphatic heterocycles. The summed E-state index contributed by atoms with van der Waals surface area (Å²) in [5, 5.41) is 1.91. The molecule has 0 amide bonds. The smallest absolute Gasteiger partial charge is 0.268 e. The van der Waals surface area contributed by atoms with Gasteiger partial charge in [0.2, 0.25) is 0 Å². The van der Waals surface area contributed by atoms with Crippen molar-refractivity contribution in [2.75, 3.05) is 0 Å². The van der Waals surface area contributed by atoms with Crippen molar-refractivity contribution in [3.8, 4) is 62.1 Å². The molecule has 0 saturated heterocycles. The van der Waals surface area contributed by atoms with E-state index in [0.29, 0.717) is 46.9 Å². The average Bonchev–Trinajstić information content (AvgIpc) is 4.16. The number of pyridine rings is 1. The monoisotopic (exact) mass is 1040 g/mol. The van der Waals surface area contributed by atoms with Gasteiger partial charge in [-0.05, 0) is 99.4 Å². The molecule has 0 fully saturated rings. The van der Waals surface area contributed by atoms with Crippen molar-refractivity contribution in [2.45, 2.75) is 39.5 Å². The largest absolute Gasteiger partial charge is 0.510 e. The first kappa shape index (κ1) is 31.5. The fraction of sp³-hybridized carbons (Fsp3) is 0.100. The Hall–Kier alpha value is -7.33. The van der Waals surface area contributed by atoms with Crippen LogP contribution in [0.25, 0.3) is 83.4 Å². The molecule has 0 aliphatic rings. The first-order valence-electron chi connectivity index (χ1n) is 27.0. The summed E-state index contributed by atoms with van der Waals surface area (Å²) in [4.78, 5) is 4.86. The number of ether oxygens (including phenoxy) is 1. The minimum absolute atomic E-state index is 0. The van der Waals surface area contributed by atoms with Crippen LogP contribution in [0.3, 0.4) is 0 Å². The molecular formula is C60H46N4OPt-2. The van der Waals surface area contributed by atoms with Crippen LogP contribution in [0.4, 0.5) is 0 Å². The van der Waals surface area contributed by atoms with Crippen molar-refractivity contribution >= 4 is 32.8 Å². The molecule has 324 valence electrons. The van der Waals surface area contributed by atoms with Gasteiger partial charge in [0.05, 0.1) is 30.4 Å². The van der Waals surface area contributed by atoms with E-state index in [4.69, 9.17) is 23.4 Å². The van der Waals surface area contributed by atoms with Crippen molar-refractivity contribution in [3.05, 3.63) is 224 Å². The van der Waals surface area contributed by atoms with Crippen LogP contribution in [0.5, 0.6) is 11.5 Å². The Balaban J connectivity index is 0.00000672. The fourth-order valence-corrected chi connectivity index (χ4v) is 8.82. The van der Waals surface area contributed by atoms with E-state index in [9.17, 15) is 1.37 Å². The molecule has 11 aromatic rings. The van der Waals surface area contributed by atoms with Gasteiger partial charge in [0.1, 0.15) is 5.82 Å². The fourth-order valence-electron chi connectivity index (χ4n) is 8.82. The second-order valence-electron chi connectivity index (χ2n) is 15.6. The summed E-state index contributed by atoms with van der Waals surface area (Å²) in [7, 11) is 0. The maximum Gasteiger partial charge on any atom is 0.268 e. The number of aryl methyl sites for hydroxylation is 1. The quantitative estimate of drug-likeness (QED) is 0.0956. The standard InChI is InChI=1S/C60H46N4O.Pt/c1-4-42(5-2)47-34-35-61-58(37-47)64-55-33-30-46(43-19-9-6-10-20-43)36-54(55)53-32-31-50(39-57(53)64)65-49-26-16-25-48(38-49)62-40-63(59-41(3)18-15-29-56(59)62)60-51(44-21-11-7-12-22-44)27-17-28-52(60)45-23-13-8-14-24-45;/h6-37,42H,4-5H2,1-3H3;/q-2;/i7D,8D,11D,12D,13D,14D,21D,22D,23D,24D,42D;. The van der Waals surface area contributed by atoms with Gasteiger partial charge in [0, 0.05) is 45.6 Å². The summed E-state index contributed by atoms with van der Waals surface area (Å²) in [6.45, 7) is 5.94. The van der Waals surface area contributed by atoms with Crippen LogP contribution in [0.2, 0.25) is 0 Å². The minimum Gasteiger partial charge on any atom is -0.510 e. The van der Waals surface area contributed by atoms with Gasteiger partial charge in [0.15, 0.2) is 0 Å². The van der Waals surface area contributed by atoms with Crippen LogP contribution in [-0.2, 0) is 21.1 Å². The molecule has 6 heteroatoms. The molecule has 11 rings (SSSR count). The third-order valence-corrected chi connectivity index (χ3v) is 11.9. The zero-order valence-corrected chi connectivity index (χ0v) is 38.4. The Bertz CT molecular complexity index is 4030. The molecule has 0 spiro atoms. The SMILES string of the molecule is [2H]c1c([2H])c([2H])c(-c2cccc(-c3c([2H])c([2H])c([2H])c([2H])c3[2H])c2-[n+]2[c-]n(-c3[c-]c(Oc4[c-]c5c(cc4)c4cc(-c6ccccc6)ccc4n5-c4cc(C([2H])(CC)CC)ccn4)ccc3)c3cccc(C)c32)c([2H])c1[2H].[Pt]. The Morgan fingerprint density at radius 2 is 1.35 bits per heavy atom. The van der Waals surface area contributed by atoms with Crippen molar-refractivity contribution in [2.24, 2.45) is 0 Å². The van der Waals surface area contributed by atoms with Crippen LogP contribution >= 0.6 is 0 Å². The van der Waals surface area contributed by atoms with E-state index < -0.39 is 66.3 Å². The van der Waals surface area contributed by atoms with Crippen molar-refractivity contribution in [1.29, 1.82) is 0 Å². The summed E-state index contributed by atoms with van der Waals surface area (Å²) in [5.41, 5.74) is 7.18. The molecule has 66 heavy (non-hydrogen) atoms. The van der Waals surface area contributed by atoms with Crippen LogP contribution in [0.1, 0.15) is 58.8 Å². The van der Waals surface area contributed by atoms with Crippen molar-refractivity contribution < 1.29 is 45.4 Å². The summed E-state index contributed by atoms with van der Waals surface area (Å²) in [6.07, 6.45) is 6.47. The molecule has 0 unspecified atom stereocenters. The maximum absolute atomic E-state index is 9.29. The molecule has 5 nitrogen and oxygen atoms in total. The average molecular weight is 1050 g/mol. The normalized spacial score (nSPS) is 13.9. The molecule has 0 saturated carbocycles. The number of aromatic nitrogens is 4. The number of fused-ring (bicyclic) bond motifs is 4. The summed E-state index contributed by atoms with van der Waals surface area (Å²) in [5.74, 6) is 0.577. The third kappa shape index (κ3) is 7.74. The maximum atomic E-state index is 9.29. The molecule has 3 aromatic heterocycles. The molecular weight excluding hydrogens is 988 g/mol. The van der Waals surface area contributed by atoms with Gasteiger partial charge in [0.25, 0.3) is 6.33 Å². The van der Waals surface area contributed by atoms with Crippen LogP contribution in [0, 0.1) is 25.4 Å². The summed E-state index contributed by atoms with van der Waals surface area (Å²) >= 11 is 0. The Morgan fingerprint density at radius 3 is 2.08 bits per heavy atom. The number of rotatable bonds is 11. The molecule has 0 atom stereocenters. The third-order valence-electron chi connectivity index (χ3n) is 11.9. The first-order chi connectivity index (χ1) is 36.5. The van der Waals surface area contributed by atoms with E-state index in [1.807, 2.05) is 93.6 Å². The van der Waals surface area contributed by atoms with Gasteiger partial charge < -0.3 is 13.9 Å². The zero-order valence-electron chi connectivity index (χ0n) is 47.1. The number of para-hydroxylation sites is 2. The molecule has 0 N–H and O–H groups in total. The Labute approximate surface area is 416 Å². The van der Waals surface area contributed by atoms with Crippen molar-refractivity contribution in [1.82, 2.24) is 14.1 Å². The van der Waals surface area contributed by atoms with Crippen LogP contribution in [0.15, 0.2) is 194 Å². The summed E-state index contributed by atoms with van der Waals surface area (Å²) < 4.78 is 109. The number of hydrogen-bond donors (Lipinski definition) is 0. The van der Waals surface area contributed by atoms with E-state index >= 15 is 0 Å². The van der Waals surface area contributed by atoms with Gasteiger partial charge >= 0.3 is 0 Å². The number of imidazole rings is 1. The minimum atomic E-state index is -0.795. The Morgan fingerprint density at radius 1 is 0.652 bits per heavy atom. The van der Waals surface area contributed by atoms with E-state index in [1.54, 1.807) is 39.6 Å². The van der Waals surface area contributed by atoms with E-state index in [0.717, 1.165) is 44.1 Å². The molecule has 0 bridgehead atoms. The predicted molar refractivity (Wildman–Crippen MR) is 264 cm³/mol.